The summed E-state index contributed by atoms with van der Waals surface area (Å²) in [6.07, 6.45) is 7.72. The molecule has 0 bridgehead atoms. The summed E-state index contributed by atoms with van der Waals surface area (Å²) in [5.74, 6) is 0.975. The number of Topliss-reactive ketones (excluding diaryl/α,β-unsaturated/α-hetero) is 1. The van der Waals surface area contributed by atoms with Crippen molar-refractivity contribution in [3.63, 3.8) is 0 Å². The highest BCUT2D eigenvalue weighted by Crippen LogP contribution is 2.35. The Labute approximate surface area is 114 Å². The van der Waals surface area contributed by atoms with Gasteiger partial charge >= 0.3 is 0 Å². The number of pyridine rings is 1. The van der Waals surface area contributed by atoms with Crippen molar-refractivity contribution in [3.05, 3.63) is 24.0 Å². The molecule has 0 N–H and O–H groups in total. The largest absolute Gasteiger partial charge is 0.292 e. The van der Waals surface area contributed by atoms with Gasteiger partial charge in [0.15, 0.2) is 5.78 Å². The van der Waals surface area contributed by atoms with Gasteiger partial charge in [0.2, 0.25) is 0 Å². The zero-order valence-electron chi connectivity index (χ0n) is 11.2. The Kier molecular flexibility index (Phi) is 4.81. The zero-order valence-corrected chi connectivity index (χ0v) is 12.0. The topological polar surface area (TPSA) is 30.0 Å². The number of carbonyl (C=O) groups excluding carboxylic acids is 1. The SMILES string of the molecule is CCC(=O)c1ccc(SC2CCCC(C)C2)cn1. The van der Waals surface area contributed by atoms with Crippen molar-refractivity contribution in [2.24, 2.45) is 5.92 Å². The van der Waals surface area contributed by atoms with E-state index in [0.717, 1.165) is 11.2 Å². The third kappa shape index (κ3) is 3.58. The van der Waals surface area contributed by atoms with Crippen LogP contribution in [0.25, 0.3) is 0 Å². The molecule has 0 spiro atoms. The first kappa shape index (κ1) is 13.6. The van der Waals surface area contributed by atoms with Gasteiger partial charge in [-0.2, -0.15) is 0 Å². The van der Waals surface area contributed by atoms with Crippen LogP contribution in [-0.4, -0.2) is 16.0 Å². The predicted octanol–water partition coefficient (Wildman–Crippen LogP) is 4.35. The maximum absolute atomic E-state index is 11.5. The standard InChI is InChI=1S/C15H21NOS/c1-3-15(17)14-8-7-13(10-16-14)18-12-6-4-5-11(2)9-12/h7-8,10-12H,3-6,9H2,1-2H3. The number of hydrogen-bond acceptors (Lipinski definition) is 3. The number of rotatable bonds is 4. The van der Waals surface area contributed by atoms with Gasteiger partial charge in [-0.25, -0.2) is 0 Å². The van der Waals surface area contributed by atoms with Gasteiger partial charge < -0.3 is 0 Å². The first-order valence-corrected chi connectivity index (χ1v) is 7.73. The van der Waals surface area contributed by atoms with E-state index >= 15 is 0 Å². The summed E-state index contributed by atoms with van der Waals surface area (Å²) in [6.45, 7) is 4.21. The Balaban J connectivity index is 1.95. The quantitative estimate of drug-likeness (QED) is 0.757. The van der Waals surface area contributed by atoms with Gasteiger partial charge in [-0.15, -0.1) is 11.8 Å². The summed E-state index contributed by atoms with van der Waals surface area (Å²) < 4.78 is 0. The van der Waals surface area contributed by atoms with Crippen molar-refractivity contribution >= 4 is 17.5 Å². The van der Waals surface area contributed by atoms with E-state index in [9.17, 15) is 4.79 Å². The number of nitrogens with zero attached hydrogens (tertiary/aromatic N) is 1. The summed E-state index contributed by atoms with van der Waals surface area (Å²) >= 11 is 1.92. The van der Waals surface area contributed by atoms with E-state index in [1.54, 1.807) is 0 Å². The molecule has 1 aromatic heterocycles. The molecule has 0 aromatic carbocycles. The zero-order chi connectivity index (χ0) is 13.0. The van der Waals surface area contributed by atoms with E-state index in [2.05, 4.69) is 11.9 Å². The van der Waals surface area contributed by atoms with Crippen LogP contribution in [0.3, 0.4) is 0 Å². The second-order valence-corrected chi connectivity index (χ2v) is 6.54. The highest BCUT2D eigenvalue weighted by atomic mass is 32.2. The van der Waals surface area contributed by atoms with Crippen LogP contribution >= 0.6 is 11.8 Å². The van der Waals surface area contributed by atoms with Crippen LogP contribution in [0, 0.1) is 5.92 Å². The Morgan fingerprint density at radius 1 is 1.44 bits per heavy atom. The molecule has 18 heavy (non-hydrogen) atoms. The summed E-state index contributed by atoms with van der Waals surface area (Å²) in [5, 5.41) is 0.725. The minimum Gasteiger partial charge on any atom is -0.292 e. The van der Waals surface area contributed by atoms with Crippen LogP contribution < -0.4 is 0 Å². The second kappa shape index (κ2) is 6.37. The van der Waals surface area contributed by atoms with Crippen molar-refractivity contribution in [3.8, 4) is 0 Å². The first-order chi connectivity index (χ1) is 8.69. The van der Waals surface area contributed by atoms with E-state index in [-0.39, 0.29) is 5.78 Å². The molecule has 1 saturated carbocycles. The van der Waals surface area contributed by atoms with Gasteiger partial charge in [0.1, 0.15) is 5.69 Å². The van der Waals surface area contributed by atoms with Gasteiger partial charge in [-0.05, 0) is 30.9 Å². The van der Waals surface area contributed by atoms with Crippen molar-refractivity contribution in [1.82, 2.24) is 4.98 Å². The Bertz CT molecular complexity index is 401. The fourth-order valence-corrected chi connectivity index (χ4v) is 3.83. The summed E-state index contributed by atoms with van der Waals surface area (Å²) in [6, 6.07) is 3.90. The molecule has 2 atom stereocenters. The number of hydrogen-bond donors (Lipinski definition) is 0. The summed E-state index contributed by atoms with van der Waals surface area (Å²) in [4.78, 5) is 16.9. The molecule has 2 rings (SSSR count). The van der Waals surface area contributed by atoms with E-state index < -0.39 is 0 Å². The van der Waals surface area contributed by atoms with Gasteiger partial charge in [0.05, 0.1) is 0 Å². The van der Waals surface area contributed by atoms with E-state index in [1.807, 2.05) is 37.0 Å². The van der Waals surface area contributed by atoms with Crippen LogP contribution in [-0.2, 0) is 0 Å². The lowest BCUT2D eigenvalue weighted by Crippen LogP contribution is -2.14. The van der Waals surface area contributed by atoms with Crippen LogP contribution in [0.4, 0.5) is 0 Å². The van der Waals surface area contributed by atoms with Gasteiger partial charge in [0, 0.05) is 22.8 Å². The average molecular weight is 263 g/mol. The van der Waals surface area contributed by atoms with Crippen LogP contribution in [0.2, 0.25) is 0 Å². The molecule has 1 fully saturated rings. The van der Waals surface area contributed by atoms with E-state index in [0.29, 0.717) is 12.1 Å². The lowest BCUT2D eigenvalue weighted by atomic mass is 9.91. The lowest BCUT2D eigenvalue weighted by Gasteiger charge is -2.26. The molecule has 0 aliphatic heterocycles. The van der Waals surface area contributed by atoms with Crippen LogP contribution in [0.5, 0.6) is 0 Å². The first-order valence-electron chi connectivity index (χ1n) is 6.85. The smallest absolute Gasteiger partial charge is 0.180 e. The maximum Gasteiger partial charge on any atom is 0.180 e. The van der Waals surface area contributed by atoms with Gasteiger partial charge in [-0.1, -0.05) is 26.7 Å². The lowest BCUT2D eigenvalue weighted by molar-refractivity contribution is 0.0983. The molecule has 0 amide bonds. The molecule has 1 heterocycles. The van der Waals surface area contributed by atoms with Gasteiger partial charge in [-0.3, -0.25) is 9.78 Å². The second-order valence-electron chi connectivity index (χ2n) is 5.17. The molecule has 0 saturated heterocycles. The predicted molar refractivity (Wildman–Crippen MR) is 76.1 cm³/mol. The molecule has 1 aliphatic rings. The van der Waals surface area contributed by atoms with Crippen molar-refractivity contribution in [2.75, 3.05) is 0 Å². The molecular weight excluding hydrogens is 242 g/mol. The van der Waals surface area contributed by atoms with Crippen molar-refractivity contribution in [1.29, 1.82) is 0 Å². The third-order valence-corrected chi connectivity index (χ3v) is 4.81. The molecule has 0 radical (unpaired) electrons. The number of aromatic nitrogens is 1. The molecule has 1 aliphatic carbocycles. The van der Waals surface area contributed by atoms with Crippen molar-refractivity contribution < 1.29 is 4.79 Å². The maximum atomic E-state index is 11.5. The van der Waals surface area contributed by atoms with Crippen molar-refractivity contribution in [2.45, 2.75) is 56.1 Å². The normalized spacial score (nSPS) is 23.9. The molecule has 2 nitrogen and oxygen atoms in total. The Morgan fingerprint density at radius 3 is 2.89 bits per heavy atom. The van der Waals surface area contributed by atoms with E-state index in [1.165, 1.54) is 30.6 Å². The highest BCUT2D eigenvalue weighted by molar-refractivity contribution is 8.00. The fourth-order valence-electron chi connectivity index (χ4n) is 2.47. The Hall–Kier alpha value is -0.830. The molecule has 2 unspecified atom stereocenters. The molecule has 3 heteroatoms. The summed E-state index contributed by atoms with van der Waals surface area (Å²) in [5.41, 5.74) is 0.596. The van der Waals surface area contributed by atoms with Crippen LogP contribution in [0.15, 0.2) is 23.2 Å². The minimum absolute atomic E-state index is 0.123. The molecule has 1 aromatic rings. The molecule has 98 valence electrons. The average Bonchev–Trinajstić information content (AvgIpc) is 2.39. The highest BCUT2D eigenvalue weighted by Gasteiger charge is 2.19. The van der Waals surface area contributed by atoms with E-state index in [4.69, 9.17) is 0 Å². The Morgan fingerprint density at radius 2 is 2.28 bits per heavy atom. The minimum atomic E-state index is 0.123. The number of thioether (sulfide) groups is 1. The number of ketones is 1. The number of carbonyl (C=O) groups is 1. The summed E-state index contributed by atoms with van der Waals surface area (Å²) in [7, 11) is 0. The third-order valence-electron chi connectivity index (χ3n) is 3.53. The monoisotopic (exact) mass is 263 g/mol. The van der Waals surface area contributed by atoms with Gasteiger partial charge in [0.25, 0.3) is 0 Å². The fraction of sp³-hybridized carbons (Fsp3) is 0.600. The molecular formula is C15H21NOS. The van der Waals surface area contributed by atoms with Crippen LogP contribution in [0.1, 0.15) is 56.4 Å².